The van der Waals surface area contributed by atoms with Gasteiger partial charge in [0.25, 0.3) is 5.91 Å². The first kappa shape index (κ1) is 12.1. The minimum absolute atomic E-state index is 0.0180. The molecule has 3 N–H and O–H groups in total. The van der Waals surface area contributed by atoms with Crippen LogP contribution < -0.4 is 11.1 Å². The summed E-state index contributed by atoms with van der Waals surface area (Å²) in [4.78, 5) is 11.9. The van der Waals surface area contributed by atoms with Gasteiger partial charge >= 0.3 is 0 Å². The van der Waals surface area contributed by atoms with Crippen molar-refractivity contribution in [1.29, 1.82) is 0 Å². The van der Waals surface area contributed by atoms with Crippen molar-refractivity contribution in [2.75, 3.05) is 6.26 Å². The van der Waals surface area contributed by atoms with Gasteiger partial charge in [0.1, 0.15) is 0 Å². The molecular formula is C11H14N2O3S. The molecule has 1 aliphatic rings. The molecule has 0 bridgehead atoms. The molecule has 1 fully saturated rings. The van der Waals surface area contributed by atoms with Crippen LogP contribution in [-0.4, -0.2) is 32.7 Å². The van der Waals surface area contributed by atoms with Gasteiger partial charge in [-0.15, -0.1) is 0 Å². The van der Waals surface area contributed by atoms with E-state index in [0.29, 0.717) is 5.56 Å². The van der Waals surface area contributed by atoms with Crippen molar-refractivity contribution in [2.24, 2.45) is 5.73 Å². The number of nitrogens with two attached hydrogens (primary N) is 1. The predicted molar refractivity (Wildman–Crippen MR) is 63.4 cm³/mol. The molecule has 1 amide bonds. The second-order valence-electron chi connectivity index (χ2n) is 4.28. The molecule has 2 rings (SSSR count). The number of benzene rings is 1. The van der Waals surface area contributed by atoms with Crippen molar-refractivity contribution in [1.82, 2.24) is 5.32 Å². The van der Waals surface area contributed by atoms with Crippen LogP contribution >= 0.6 is 0 Å². The molecule has 0 aliphatic heterocycles. The number of sulfone groups is 1. The maximum absolute atomic E-state index is 11.8. The fourth-order valence-electron chi connectivity index (χ4n) is 1.50. The van der Waals surface area contributed by atoms with Crippen molar-refractivity contribution >= 4 is 15.7 Å². The zero-order valence-corrected chi connectivity index (χ0v) is 10.2. The summed E-state index contributed by atoms with van der Waals surface area (Å²) in [5.41, 5.74) is 5.92. The predicted octanol–water partition coefficient (Wildman–Crippen LogP) is -0.0805. The van der Waals surface area contributed by atoms with E-state index in [-0.39, 0.29) is 22.9 Å². The van der Waals surface area contributed by atoms with E-state index in [9.17, 15) is 13.2 Å². The van der Waals surface area contributed by atoms with Crippen LogP contribution in [0.2, 0.25) is 0 Å². The van der Waals surface area contributed by atoms with E-state index < -0.39 is 9.84 Å². The fourth-order valence-corrected chi connectivity index (χ4v) is 2.17. The molecule has 0 heterocycles. The molecule has 92 valence electrons. The number of carbonyl (C=O) groups excluding carboxylic acids is 1. The van der Waals surface area contributed by atoms with E-state index in [1.165, 1.54) is 12.1 Å². The molecule has 0 spiro atoms. The van der Waals surface area contributed by atoms with Gasteiger partial charge in [0.2, 0.25) is 0 Å². The van der Waals surface area contributed by atoms with Gasteiger partial charge in [0.15, 0.2) is 9.84 Å². The van der Waals surface area contributed by atoms with Crippen LogP contribution in [0.15, 0.2) is 29.2 Å². The Bertz CT molecular complexity index is 554. The third-order valence-corrected chi connectivity index (χ3v) is 3.79. The van der Waals surface area contributed by atoms with Gasteiger partial charge in [-0.2, -0.15) is 0 Å². The van der Waals surface area contributed by atoms with Crippen LogP contribution in [0.3, 0.4) is 0 Å². The van der Waals surface area contributed by atoms with Gasteiger partial charge in [-0.05, 0) is 24.6 Å². The van der Waals surface area contributed by atoms with Crippen LogP contribution in [0.5, 0.6) is 0 Å². The number of carbonyl (C=O) groups is 1. The van der Waals surface area contributed by atoms with E-state index in [1.807, 2.05) is 0 Å². The molecule has 1 aliphatic carbocycles. The van der Waals surface area contributed by atoms with Gasteiger partial charge in [0.05, 0.1) is 4.90 Å². The minimum atomic E-state index is -3.29. The molecule has 6 heteroatoms. The van der Waals surface area contributed by atoms with Gasteiger partial charge in [-0.3, -0.25) is 4.79 Å². The zero-order chi connectivity index (χ0) is 12.6. The molecule has 1 aromatic rings. The molecule has 0 aromatic heterocycles. The Kier molecular flexibility index (Phi) is 2.92. The van der Waals surface area contributed by atoms with E-state index in [2.05, 4.69) is 5.32 Å². The van der Waals surface area contributed by atoms with E-state index in [1.54, 1.807) is 12.1 Å². The largest absolute Gasteiger partial charge is 0.348 e. The standard InChI is InChI=1S/C11H14N2O3S/c1-17(15,16)8-4-2-3-7(5-8)11(14)13-10-6-9(10)12/h2-5,9-10H,6,12H2,1H3,(H,13,14). The molecule has 0 radical (unpaired) electrons. The van der Waals surface area contributed by atoms with Crippen LogP contribution in [-0.2, 0) is 9.84 Å². The molecule has 2 unspecified atom stereocenters. The Morgan fingerprint density at radius 3 is 2.65 bits per heavy atom. The lowest BCUT2D eigenvalue weighted by molar-refractivity contribution is 0.0950. The molecule has 1 aromatic carbocycles. The highest BCUT2D eigenvalue weighted by molar-refractivity contribution is 7.90. The van der Waals surface area contributed by atoms with Crippen molar-refractivity contribution < 1.29 is 13.2 Å². The SMILES string of the molecule is CS(=O)(=O)c1cccc(C(=O)NC2CC2N)c1. The van der Waals surface area contributed by atoms with Crippen LogP contribution in [0, 0.1) is 0 Å². The van der Waals surface area contributed by atoms with Crippen molar-refractivity contribution in [3.63, 3.8) is 0 Å². The second-order valence-corrected chi connectivity index (χ2v) is 6.30. The van der Waals surface area contributed by atoms with Crippen LogP contribution in [0.4, 0.5) is 0 Å². The van der Waals surface area contributed by atoms with E-state index in [4.69, 9.17) is 5.73 Å². The van der Waals surface area contributed by atoms with E-state index >= 15 is 0 Å². The van der Waals surface area contributed by atoms with Crippen LogP contribution in [0.1, 0.15) is 16.8 Å². The quantitative estimate of drug-likeness (QED) is 0.789. The normalized spacial score (nSPS) is 23.2. The Morgan fingerprint density at radius 2 is 2.12 bits per heavy atom. The number of hydrogen-bond donors (Lipinski definition) is 2. The van der Waals surface area contributed by atoms with Gasteiger partial charge < -0.3 is 11.1 Å². The second kappa shape index (κ2) is 4.12. The Balaban J connectivity index is 2.18. The molecule has 0 saturated heterocycles. The zero-order valence-electron chi connectivity index (χ0n) is 9.38. The summed E-state index contributed by atoms with van der Waals surface area (Å²) in [6.07, 6.45) is 1.89. The molecule has 17 heavy (non-hydrogen) atoms. The molecule has 2 atom stereocenters. The summed E-state index contributed by atoms with van der Waals surface area (Å²) in [5.74, 6) is -0.284. The first-order chi connectivity index (χ1) is 7.88. The maximum Gasteiger partial charge on any atom is 0.251 e. The minimum Gasteiger partial charge on any atom is -0.348 e. The number of amides is 1. The lowest BCUT2D eigenvalue weighted by Crippen LogP contribution is -2.29. The van der Waals surface area contributed by atoms with Gasteiger partial charge in [0, 0.05) is 23.9 Å². The monoisotopic (exact) mass is 254 g/mol. The molecule has 5 nitrogen and oxygen atoms in total. The average molecular weight is 254 g/mol. The van der Waals surface area contributed by atoms with Crippen LogP contribution in [0.25, 0.3) is 0 Å². The molecule has 1 saturated carbocycles. The average Bonchev–Trinajstić information content (AvgIpc) is 2.93. The first-order valence-electron chi connectivity index (χ1n) is 5.24. The van der Waals surface area contributed by atoms with E-state index in [0.717, 1.165) is 12.7 Å². The van der Waals surface area contributed by atoms with Gasteiger partial charge in [-0.25, -0.2) is 8.42 Å². The maximum atomic E-state index is 11.8. The third-order valence-electron chi connectivity index (χ3n) is 2.68. The van der Waals surface area contributed by atoms with Crippen molar-refractivity contribution in [3.8, 4) is 0 Å². The van der Waals surface area contributed by atoms with Crippen molar-refractivity contribution in [2.45, 2.75) is 23.4 Å². The fraction of sp³-hybridized carbons (Fsp3) is 0.364. The summed E-state index contributed by atoms with van der Waals surface area (Å²) in [6.45, 7) is 0. The number of rotatable bonds is 3. The summed E-state index contributed by atoms with van der Waals surface area (Å²) in [7, 11) is -3.29. The summed E-state index contributed by atoms with van der Waals surface area (Å²) in [5, 5.41) is 2.74. The highest BCUT2D eigenvalue weighted by atomic mass is 32.2. The van der Waals surface area contributed by atoms with Gasteiger partial charge in [-0.1, -0.05) is 6.07 Å². The third kappa shape index (κ3) is 2.83. The number of nitrogens with one attached hydrogen (secondary N) is 1. The first-order valence-corrected chi connectivity index (χ1v) is 7.13. The topological polar surface area (TPSA) is 89.3 Å². The summed E-state index contributed by atoms with van der Waals surface area (Å²) in [6, 6.07) is 6.02. The lowest BCUT2D eigenvalue weighted by atomic mass is 10.2. The smallest absolute Gasteiger partial charge is 0.251 e. The summed E-state index contributed by atoms with van der Waals surface area (Å²) < 4.78 is 22.7. The van der Waals surface area contributed by atoms with Crippen molar-refractivity contribution in [3.05, 3.63) is 29.8 Å². The Hall–Kier alpha value is -1.40. The Labute approximate surface area is 99.9 Å². The Morgan fingerprint density at radius 1 is 1.47 bits per heavy atom. The highest BCUT2D eigenvalue weighted by Crippen LogP contribution is 2.19. The highest BCUT2D eigenvalue weighted by Gasteiger charge is 2.34. The summed E-state index contributed by atoms with van der Waals surface area (Å²) >= 11 is 0. The molecular weight excluding hydrogens is 240 g/mol. The number of hydrogen-bond acceptors (Lipinski definition) is 4. The lowest BCUT2D eigenvalue weighted by Gasteiger charge is -2.05.